The summed E-state index contributed by atoms with van der Waals surface area (Å²) >= 11 is 6.54. The molecule has 6 heteroatoms. The van der Waals surface area contributed by atoms with Gasteiger partial charge in [-0.2, -0.15) is 5.10 Å². The van der Waals surface area contributed by atoms with E-state index in [-0.39, 0.29) is 5.91 Å². The first-order chi connectivity index (χ1) is 14.4. The number of halogens is 1. The van der Waals surface area contributed by atoms with E-state index in [9.17, 15) is 4.79 Å². The Kier molecular flexibility index (Phi) is 6.95. The van der Waals surface area contributed by atoms with E-state index in [2.05, 4.69) is 5.10 Å². The van der Waals surface area contributed by atoms with Gasteiger partial charge in [-0.3, -0.25) is 4.79 Å². The van der Waals surface area contributed by atoms with Crippen molar-refractivity contribution in [2.75, 3.05) is 14.2 Å². The van der Waals surface area contributed by atoms with E-state index in [0.717, 1.165) is 33.7 Å². The van der Waals surface area contributed by atoms with Gasteiger partial charge in [0.1, 0.15) is 10.9 Å². The molecule has 5 nitrogen and oxygen atoms in total. The third kappa shape index (κ3) is 5.10. The fourth-order valence-electron chi connectivity index (χ4n) is 3.26. The zero-order valence-electron chi connectivity index (χ0n) is 17.7. The number of methoxy groups -OCH3 is 1. The number of ether oxygens (including phenoxy) is 1. The average Bonchev–Trinajstić information content (AvgIpc) is 2.99. The van der Waals surface area contributed by atoms with Crippen LogP contribution in [-0.4, -0.2) is 34.7 Å². The van der Waals surface area contributed by atoms with E-state index in [1.54, 1.807) is 29.8 Å². The SMILES string of the molecule is COc1ccc(C)cc1CN(C)C(=O)/C=C/c1c(C)nn(Cc2ccccc2)c1Cl. The van der Waals surface area contributed by atoms with Crippen LogP contribution in [0.1, 0.15) is 27.9 Å². The molecule has 1 heterocycles. The zero-order chi connectivity index (χ0) is 21.7. The molecule has 0 aliphatic heterocycles. The van der Waals surface area contributed by atoms with Crippen molar-refractivity contribution in [3.05, 3.63) is 87.7 Å². The van der Waals surface area contributed by atoms with E-state index in [0.29, 0.717) is 18.2 Å². The lowest BCUT2D eigenvalue weighted by molar-refractivity contribution is -0.125. The van der Waals surface area contributed by atoms with E-state index in [4.69, 9.17) is 16.3 Å². The molecular weight excluding hydrogens is 398 g/mol. The molecule has 0 saturated heterocycles. The lowest BCUT2D eigenvalue weighted by atomic mass is 10.1. The molecular formula is C24H26ClN3O2. The molecule has 1 aromatic heterocycles. The number of nitrogens with zero attached hydrogens (tertiary/aromatic N) is 3. The second-order valence-electron chi connectivity index (χ2n) is 7.28. The Balaban J connectivity index is 1.72. The van der Waals surface area contributed by atoms with Crippen LogP contribution in [0.2, 0.25) is 5.15 Å². The second-order valence-corrected chi connectivity index (χ2v) is 7.63. The first kappa shape index (κ1) is 21.7. The summed E-state index contributed by atoms with van der Waals surface area (Å²) in [7, 11) is 3.40. The first-order valence-corrected chi connectivity index (χ1v) is 10.1. The molecule has 0 atom stereocenters. The third-order valence-corrected chi connectivity index (χ3v) is 5.30. The molecule has 1 amide bonds. The third-order valence-electron chi connectivity index (χ3n) is 4.90. The Bertz CT molecular complexity index is 1060. The van der Waals surface area contributed by atoms with Crippen molar-refractivity contribution < 1.29 is 9.53 Å². The molecule has 0 bridgehead atoms. The maximum atomic E-state index is 12.7. The summed E-state index contributed by atoms with van der Waals surface area (Å²) in [5, 5.41) is 5.04. The number of amides is 1. The zero-order valence-corrected chi connectivity index (χ0v) is 18.5. The van der Waals surface area contributed by atoms with Gasteiger partial charge in [-0.25, -0.2) is 4.68 Å². The summed E-state index contributed by atoms with van der Waals surface area (Å²) in [6, 6.07) is 15.9. The Morgan fingerprint density at radius 2 is 1.93 bits per heavy atom. The molecule has 0 aliphatic carbocycles. The van der Waals surface area contributed by atoms with E-state index in [1.807, 2.05) is 62.4 Å². The standard InChI is InChI=1S/C24H26ClN3O2/c1-17-10-12-22(30-4)20(14-17)16-27(3)23(29)13-11-21-18(2)26-28(24(21)25)15-19-8-6-5-7-9-19/h5-14H,15-16H2,1-4H3/b13-11+. The van der Waals surface area contributed by atoms with Crippen LogP contribution in [0.3, 0.4) is 0 Å². The van der Waals surface area contributed by atoms with Crippen LogP contribution in [0, 0.1) is 13.8 Å². The van der Waals surface area contributed by atoms with Gasteiger partial charge in [0.25, 0.3) is 0 Å². The highest BCUT2D eigenvalue weighted by Crippen LogP contribution is 2.23. The average molecular weight is 424 g/mol. The predicted octanol–water partition coefficient (Wildman–Crippen LogP) is 4.88. The summed E-state index contributed by atoms with van der Waals surface area (Å²) in [4.78, 5) is 14.3. The highest BCUT2D eigenvalue weighted by atomic mass is 35.5. The number of hydrogen-bond acceptors (Lipinski definition) is 3. The minimum Gasteiger partial charge on any atom is -0.496 e. The van der Waals surface area contributed by atoms with Gasteiger partial charge in [0.15, 0.2) is 0 Å². The van der Waals surface area contributed by atoms with Crippen molar-refractivity contribution in [1.82, 2.24) is 14.7 Å². The fourth-order valence-corrected chi connectivity index (χ4v) is 3.56. The van der Waals surface area contributed by atoms with Gasteiger partial charge in [0, 0.05) is 30.8 Å². The molecule has 3 rings (SSSR count). The van der Waals surface area contributed by atoms with Crippen molar-refractivity contribution in [1.29, 1.82) is 0 Å². The minimum atomic E-state index is -0.121. The summed E-state index contributed by atoms with van der Waals surface area (Å²) in [6.07, 6.45) is 3.27. The number of aryl methyl sites for hydroxylation is 2. The number of carbonyl (C=O) groups is 1. The molecule has 0 radical (unpaired) electrons. The van der Waals surface area contributed by atoms with Gasteiger partial charge in [-0.05, 0) is 31.6 Å². The molecule has 0 unspecified atom stereocenters. The molecule has 0 N–H and O–H groups in total. The van der Waals surface area contributed by atoms with Crippen molar-refractivity contribution >= 4 is 23.6 Å². The van der Waals surface area contributed by atoms with Crippen molar-refractivity contribution in [2.24, 2.45) is 0 Å². The van der Waals surface area contributed by atoms with Gasteiger partial charge in [0.05, 0.1) is 19.3 Å². The maximum Gasteiger partial charge on any atom is 0.246 e. The normalized spacial score (nSPS) is 11.1. The minimum absolute atomic E-state index is 0.121. The van der Waals surface area contributed by atoms with Gasteiger partial charge in [0.2, 0.25) is 5.91 Å². The fraction of sp³-hybridized carbons (Fsp3) is 0.250. The molecule has 3 aromatic rings. The number of likely N-dealkylation sites (N-methyl/N-ethyl adjacent to an activating group) is 1. The second kappa shape index (κ2) is 9.63. The Hall–Kier alpha value is -3.05. The predicted molar refractivity (Wildman–Crippen MR) is 121 cm³/mol. The number of benzene rings is 2. The lowest BCUT2D eigenvalue weighted by Gasteiger charge is -2.17. The van der Waals surface area contributed by atoms with Crippen LogP contribution < -0.4 is 4.74 Å². The molecule has 0 saturated carbocycles. The van der Waals surface area contributed by atoms with Crippen LogP contribution in [-0.2, 0) is 17.9 Å². The molecule has 0 spiro atoms. The number of rotatable bonds is 7. The van der Waals surface area contributed by atoms with Crippen LogP contribution in [0.25, 0.3) is 6.08 Å². The number of hydrogen-bond donors (Lipinski definition) is 0. The summed E-state index contributed by atoms with van der Waals surface area (Å²) in [6.45, 7) is 4.94. The highest BCUT2D eigenvalue weighted by molar-refractivity contribution is 6.31. The van der Waals surface area contributed by atoms with Crippen molar-refractivity contribution in [3.63, 3.8) is 0 Å². The molecule has 30 heavy (non-hydrogen) atoms. The number of carbonyl (C=O) groups excluding carboxylic acids is 1. The largest absolute Gasteiger partial charge is 0.496 e. The van der Waals surface area contributed by atoms with Gasteiger partial charge in [-0.15, -0.1) is 0 Å². The number of aromatic nitrogens is 2. The molecule has 0 aliphatic rings. The van der Waals surface area contributed by atoms with E-state index in [1.165, 1.54) is 6.08 Å². The van der Waals surface area contributed by atoms with Crippen molar-refractivity contribution in [3.8, 4) is 5.75 Å². The van der Waals surface area contributed by atoms with Gasteiger partial charge in [-0.1, -0.05) is 59.6 Å². The highest BCUT2D eigenvalue weighted by Gasteiger charge is 2.14. The Morgan fingerprint density at radius 1 is 1.20 bits per heavy atom. The van der Waals surface area contributed by atoms with Crippen LogP contribution >= 0.6 is 11.6 Å². The van der Waals surface area contributed by atoms with E-state index < -0.39 is 0 Å². The quantitative estimate of drug-likeness (QED) is 0.509. The topological polar surface area (TPSA) is 47.4 Å². The van der Waals surface area contributed by atoms with Gasteiger partial charge < -0.3 is 9.64 Å². The monoisotopic (exact) mass is 423 g/mol. The summed E-state index contributed by atoms with van der Waals surface area (Å²) in [5.74, 6) is 0.648. The lowest BCUT2D eigenvalue weighted by Crippen LogP contribution is -2.24. The summed E-state index contributed by atoms with van der Waals surface area (Å²) in [5.41, 5.74) is 4.73. The van der Waals surface area contributed by atoms with Crippen LogP contribution in [0.5, 0.6) is 5.75 Å². The van der Waals surface area contributed by atoms with Crippen LogP contribution in [0.4, 0.5) is 0 Å². The maximum absolute atomic E-state index is 12.7. The Morgan fingerprint density at radius 3 is 2.63 bits per heavy atom. The van der Waals surface area contributed by atoms with Gasteiger partial charge >= 0.3 is 0 Å². The smallest absolute Gasteiger partial charge is 0.246 e. The first-order valence-electron chi connectivity index (χ1n) is 9.72. The molecule has 2 aromatic carbocycles. The molecule has 156 valence electrons. The summed E-state index contributed by atoms with van der Waals surface area (Å²) < 4.78 is 7.16. The Labute approximate surface area is 182 Å². The van der Waals surface area contributed by atoms with Crippen LogP contribution in [0.15, 0.2) is 54.6 Å². The van der Waals surface area contributed by atoms with Crippen molar-refractivity contribution in [2.45, 2.75) is 26.9 Å². The molecule has 0 fully saturated rings. The van der Waals surface area contributed by atoms with E-state index >= 15 is 0 Å².